The maximum Gasteiger partial charge on any atom is 0.0620 e. The molecule has 0 saturated heterocycles. The molecule has 4 heterocycles. The van der Waals surface area contributed by atoms with E-state index in [2.05, 4.69) is 142 Å². The van der Waals surface area contributed by atoms with Gasteiger partial charge in [-0.2, -0.15) is 0 Å². The van der Waals surface area contributed by atoms with Gasteiger partial charge in [-0.1, -0.05) is 109 Å². The molecule has 0 fully saturated rings. The number of aromatic nitrogens is 2. The predicted octanol–water partition coefficient (Wildman–Crippen LogP) is 11.4. The van der Waals surface area contributed by atoms with Gasteiger partial charge in [-0.25, -0.2) is 0 Å². The van der Waals surface area contributed by atoms with Crippen LogP contribution in [0.5, 0.6) is 0 Å². The summed E-state index contributed by atoms with van der Waals surface area (Å²) < 4.78 is 4.99. The van der Waals surface area contributed by atoms with Gasteiger partial charge >= 0.3 is 0 Å². The monoisotopic (exact) mass is 554 g/mol. The fourth-order valence-electron chi connectivity index (χ4n) is 8.97. The van der Waals surface area contributed by atoms with E-state index in [-0.39, 0.29) is 0 Å². The number of nitrogens with zero attached hydrogens (tertiary/aromatic N) is 2. The first-order chi connectivity index (χ1) is 21.9. The van der Waals surface area contributed by atoms with Crippen molar-refractivity contribution >= 4 is 109 Å². The van der Waals surface area contributed by atoms with Crippen molar-refractivity contribution in [3.8, 4) is 0 Å². The molecule has 4 aromatic heterocycles. The summed E-state index contributed by atoms with van der Waals surface area (Å²) in [5.41, 5.74) is 7.77. The summed E-state index contributed by atoms with van der Waals surface area (Å²) in [6.45, 7) is 0. The molecule has 200 valence electrons. The summed E-state index contributed by atoms with van der Waals surface area (Å²) in [6, 6.07) is 49.9. The topological polar surface area (TPSA) is 8.82 Å². The minimum atomic E-state index is 1.28. The summed E-state index contributed by atoms with van der Waals surface area (Å²) in [5, 5.41) is 18.6. The number of para-hydroxylation sites is 4. The molecule has 2 nitrogen and oxygen atoms in total. The molecule has 8 aromatic carbocycles. The molecule has 0 radical (unpaired) electrons. The van der Waals surface area contributed by atoms with Crippen LogP contribution < -0.4 is 0 Å². The quantitative estimate of drug-likeness (QED) is 0.165. The van der Waals surface area contributed by atoms with E-state index in [1.807, 2.05) is 0 Å². The average molecular weight is 555 g/mol. The van der Waals surface area contributed by atoms with Crippen molar-refractivity contribution in [3.63, 3.8) is 0 Å². The highest BCUT2D eigenvalue weighted by atomic mass is 14.9. The van der Waals surface area contributed by atoms with Crippen LogP contribution in [0.1, 0.15) is 0 Å². The number of benzene rings is 8. The lowest BCUT2D eigenvalue weighted by Gasteiger charge is -2.13. The van der Waals surface area contributed by atoms with Gasteiger partial charge in [0.1, 0.15) is 0 Å². The van der Waals surface area contributed by atoms with Crippen LogP contribution in [0, 0.1) is 0 Å². The highest BCUT2D eigenvalue weighted by Gasteiger charge is 2.23. The van der Waals surface area contributed by atoms with Gasteiger partial charge < -0.3 is 8.80 Å². The van der Waals surface area contributed by atoms with Crippen LogP contribution in [0.4, 0.5) is 0 Å². The molecular weight excluding hydrogens is 532 g/mol. The van der Waals surface area contributed by atoms with E-state index < -0.39 is 0 Å². The molecule has 0 bridgehead atoms. The number of rotatable bonds is 0. The molecule has 0 spiro atoms. The van der Waals surface area contributed by atoms with Gasteiger partial charge in [0.2, 0.25) is 0 Å². The highest BCUT2D eigenvalue weighted by molar-refractivity contribution is 6.42. The molecule has 0 aliphatic heterocycles. The second kappa shape index (κ2) is 7.19. The molecule has 2 heteroatoms. The predicted molar refractivity (Wildman–Crippen MR) is 188 cm³/mol. The summed E-state index contributed by atoms with van der Waals surface area (Å²) in [7, 11) is 0. The highest BCUT2D eigenvalue weighted by Crippen LogP contribution is 2.49. The van der Waals surface area contributed by atoms with Gasteiger partial charge in [-0.15, -0.1) is 0 Å². The Kier molecular flexibility index (Phi) is 3.56. The summed E-state index contributed by atoms with van der Waals surface area (Å²) >= 11 is 0. The summed E-state index contributed by atoms with van der Waals surface area (Å²) in [4.78, 5) is 0. The number of hydrogen-bond acceptors (Lipinski definition) is 0. The lowest BCUT2D eigenvalue weighted by atomic mass is 9.89. The molecule has 0 amide bonds. The molecule has 0 saturated carbocycles. The van der Waals surface area contributed by atoms with Crippen LogP contribution in [0.2, 0.25) is 0 Å². The second-order valence-corrected chi connectivity index (χ2v) is 12.4. The fraction of sp³-hybridized carbons (Fsp3) is 0. The Hall–Kier alpha value is -5.86. The van der Waals surface area contributed by atoms with Crippen molar-refractivity contribution in [2.45, 2.75) is 0 Å². The summed E-state index contributed by atoms with van der Waals surface area (Å²) in [5.74, 6) is 0. The number of fused-ring (bicyclic) bond motifs is 20. The van der Waals surface area contributed by atoms with Gasteiger partial charge in [-0.05, 0) is 45.8 Å². The van der Waals surface area contributed by atoms with Crippen LogP contribution in [-0.2, 0) is 0 Å². The van der Waals surface area contributed by atoms with E-state index in [1.165, 1.54) is 109 Å². The Morgan fingerprint density at radius 3 is 1.07 bits per heavy atom. The third-order valence-electron chi connectivity index (χ3n) is 10.5. The van der Waals surface area contributed by atoms with Crippen molar-refractivity contribution < 1.29 is 0 Å². The molecule has 0 aliphatic rings. The second-order valence-electron chi connectivity index (χ2n) is 12.4. The van der Waals surface area contributed by atoms with Gasteiger partial charge in [0, 0.05) is 53.9 Å². The van der Waals surface area contributed by atoms with E-state index in [1.54, 1.807) is 0 Å². The minimum Gasteiger partial charge on any atom is -0.308 e. The Morgan fingerprint density at radius 1 is 0.227 bits per heavy atom. The van der Waals surface area contributed by atoms with Crippen LogP contribution >= 0.6 is 0 Å². The number of hydrogen-bond donors (Lipinski definition) is 0. The van der Waals surface area contributed by atoms with E-state index in [9.17, 15) is 0 Å². The van der Waals surface area contributed by atoms with Gasteiger partial charge in [-0.3, -0.25) is 0 Å². The average Bonchev–Trinajstić information content (AvgIpc) is 3.81. The van der Waals surface area contributed by atoms with E-state index in [4.69, 9.17) is 0 Å². The standard InChI is InChI=1S/C42H22N2/c1-2-12-26-25(11-1)37-27(19-21-35-39(37)31-15-7-13-29-23-9-3-5-17-33(23)43(35)41(29)31)28-20-22-36-40(38(26)28)32-16-8-14-30-24-10-4-6-18-34(24)44(36)42(30)32/h1-22H. The van der Waals surface area contributed by atoms with Crippen LogP contribution in [0.3, 0.4) is 0 Å². The van der Waals surface area contributed by atoms with Gasteiger partial charge in [0.25, 0.3) is 0 Å². The first-order valence-electron chi connectivity index (χ1n) is 15.4. The van der Waals surface area contributed by atoms with Crippen LogP contribution in [-0.4, -0.2) is 8.80 Å². The van der Waals surface area contributed by atoms with Crippen molar-refractivity contribution in [1.82, 2.24) is 8.80 Å². The third-order valence-corrected chi connectivity index (χ3v) is 10.5. The molecule has 0 atom stereocenters. The first-order valence-corrected chi connectivity index (χ1v) is 15.4. The maximum atomic E-state index is 2.50. The molecule has 0 N–H and O–H groups in total. The van der Waals surface area contributed by atoms with Crippen LogP contribution in [0.25, 0.3) is 109 Å². The molecule has 0 aliphatic carbocycles. The smallest absolute Gasteiger partial charge is 0.0620 e. The Labute approximate surface area is 250 Å². The zero-order valence-electron chi connectivity index (χ0n) is 23.6. The molecule has 0 unspecified atom stereocenters. The van der Waals surface area contributed by atoms with E-state index >= 15 is 0 Å². The minimum absolute atomic E-state index is 1.28. The molecular formula is C42H22N2. The molecule has 44 heavy (non-hydrogen) atoms. The van der Waals surface area contributed by atoms with Crippen molar-refractivity contribution in [1.29, 1.82) is 0 Å². The maximum absolute atomic E-state index is 2.50. The zero-order valence-corrected chi connectivity index (χ0v) is 23.6. The van der Waals surface area contributed by atoms with Crippen molar-refractivity contribution in [2.24, 2.45) is 0 Å². The summed E-state index contributed by atoms with van der Waals surface area (Å²) in [6.07, 6.45) is 0. The normalized spacial score (nSPS) is 13.0. The van der Waals surface area contributed by atoms with Gasteiger partial charge in [0.15, 0.2) is 0 Å². The molecule has 12 rings (SSSR count). The zero-order chi connectivity index (χ0) is 28.3. The Balaban J connectivity index is 1.38. The Bertz CT molecular complexity index is 2970. The van der Waals surface area contributed by atoms with Crippen LogP contribution in [0.15, 0.2) is 133 Å². The van der Waals surface area contributed by atoms with E-state index in [0.29, 0.717) is 0 Å². The fourth-order valence-corrected chi connectivity index (χ4v) is 8.97. The van der Waals surface area contributed by atoms with Crippen molar-refractivity contribution in [3.05, 3.63) is 133 Å². The third kappa shape index (κ3) is 2.24. The van der Waals surface area contributed by atoms with Gasteiger partial charge in [0.05, 0.1) is 33.1 Å². The lowest BCUT2D eigenvalue weighted by Crippen LogP contribution is -1.87. The first kappa shape index (κ1) is 21.8. The van der Waals surface area contributed by atoms with E-state index in [0.717, 1.165) is 0 Å². The SMILES string of the molecule is c1ccc2c(c1)c1c(ccc3c1c1cccc4c5ccccc5n3c41)c1ccc3c(c4cccc5c6ccccc6n3c54)c21. The Morgan fingerprint density at radius 2 is 0.591 bits per heavy atom. The molecule has 12 aromatic rings. The van der Waals surface area contributed by atoms with Crippen molar-refractivity contribution in [2.75, 3.05) is 0 Å². The lowest BCUT2D eigenvalue weighted by molar-refractivity contribution is 1.37. The largest absolute Gasteiger partial charge is 0.308 e.